The molecule has 0 atom stereocenters. The summed E-state index contributed by atoms with van der Waals surface area (Å²) in [5.74, 6) is 5.36. The van der Waals surface area contributed by atoms with Gasteiger partial charge in [0, 0.05) is 0 Å². The molecule has 0 heterocycles. The van der Waals surface area contributed by atoms with Crippen molar-refractivity contribution in [1.82, 2.24) is 0 Å². The number of nitrogens with zero attached hydrogens (tertiary/aromatic N) is 1. The summed E-state index contributed by atoms with van der Waals surface area (Å²) < 4.78 is 11.2. The van der Waals surface area contributed by atoms with Crippen LogP contribution in [0.15, 0.2) is 65.8 Å². The fourth-order valence-corrected chi connectivity index (χ4v) is 1.84. The Balaban J connectivity index is 1.67. The summed E-state index contributed by atoms with van der Waals surface area (Å²) in [6.45, 7) is 1.83. The van der Waals surface area contributed by atoms with Crippen LogP contribution in [0.2, 0.25) is 0 Å². The molecule has 0 aliphatic heterocycles. The Morgan fingerprint density at radius 2 is 1.19 bits per heavy atom. The van der Waals surface area contributed by atoms with Crippen molar-refractivity contribution in [3.63, 3.8) is 0 Å². The van der Waals surface area contributed by atoms with E-state index in [2.05, 4.69) is 5.10 Å². The number of hydrogen-bond acceptors (Lipinski definition) is 4. The number of hydrazone groups is 1. The predicted octanol–water partition coefficient (Wildman–Crippen LogP) is 2.73. The van der Waals surface area contributed by atoms with Crippen molar-refractivity contribution in [1.29, 1.82) is 0 Å². The van der Waals surface area contributed by atoms with Gasteiger partial charge in [-0.1, -0.05) is 60.7 Å². The molecule has 110 valence electrons. The molecule has 2 aromatic carbocycles. The molecule has 2 N–H and O–H groups in total. The van der Waals surface area contributed by atoms with Crippen molar-refractivity contribution in [3.8, 4) is 0 Å². The third-order valence-corrected chi connectivity index (χ3v) is 2.94. The average molecular weight is 284 g/mol. The minimum absolute atomic E-state index is 0.375. The SMILES string of the molecule is NN=C(COCc1ccccc1)COCc1ccccc1. The topological polar surface area (TPSA) is 56.8 Å². The molecule has 0 bridgehead atoms. The first-order valence-electron chi connectivity index (χ1n) is 6.87. The summed E-state index contributed by atoms with van der Waals surface area (Å²) in [4.78, 5) is 0. The van der Waals surface area contributed by atoms with Crippen molar-refractivity contribution >= 4 is 5.71 Å². The Labute approximate surface area is 125 Å². The number of rotatable bonds is 8. The molecular formula is C17H20N2O2. The van der Waals surface area contributed by atoms with E-state index in [1.165, 1.54) is 0 Å². The fraction of sp³-hybridized carbons (Fsp3) is 0.235. The van der Waals surface area contributed by atoms with Gasteiger partial charge in [0.1, 0.15) is 0 Å². The van der Waals surface area contributed by atoms with E-state index < -0.39 is 0 Å². The van der Waals surface area contributed by atoms with Gasteiger partial charge in [-0.3, -0.25) is 0 Å². The van der Waals surface area contributed by atoms with E-state index in [4.69, 9.17) is 15.3 Å². The van der Waals surface area contributed by atoms with Crippen LogP contribution in [-0.4, -0.2) is 18.9 Å². The molecule has 2 rings (SSSR count). The van der Waals surface area contributed by atoms with E-state index in [1.54, 1.807) is 0 Å². The largest absolute Gasteiger partial charge is 0.371 e. The second-order valence-corrected chi connectivity index (χ2v) is 4.65. The highest BCUT2D eigenvalue weighted by atomic mass is 16.5. The maximum atomic E-state index is 5.58. The summed E-state index contributed by atoms with van der Waals surface area (Å²) in [5.41, 5.74) is 2.94. The summed E-state index contributed by atoms with van der Waals surface area (Å²) in [5, 5.41) is 3.72. The second-order valence-electron chi connectivity index (χ2n) is 4.65. The molecule has 2 aromatic rings. The van der Waals surface area contributed by atoms with Crippen LogP contribution in [0.5, 0.6) is 0 Å². The van der Waals surface area contributed by atoms with E-state index in [0.29, 0.717) is 32.1 Å². The summed E-state index contributed by atoms with van der Waals surface area (Å²) in [6, 6.07) is 20.0. The Kier molecular flexibility index (Phi) is 6.45. The van der Waals surface area contributed by atoms with Gasteiger partial charge in [0.25, 0.3) is 0 Å². The minimum atomic E-state index is 0.375. The van der Waals surface area contributed by atoms with E-state index in [0.717, 1.165) is 11.1 Å². The van der Waals surface area contributed by atoms with Crippen LogP contribution in [-0.2, 0) is 22.7 Å². The van der Waals surface area contributed by atoms with E-state index in [1.807, 2.05) is 60.7 Å². The zero-order valence-electron chi connectivity index (χ0n) is 11.9. The molecule has 0 saturated heterocycles. The van der Waals surface area contributed by atoms with Crippen molar-refractivity contribution in [2.45, 2.75) is 13.2 Å². The van der Waals surface area contributed by atoms with Gasteiger partial charge in [-0.15, -0.1) is 0 Å². The first-order chi connectivity index (χ1) is 10.4. The third kappa shape index (κ3) is 5.77. The van der Waals surface area contributed by atoms with E-state index in [-0.39, 0.29) is 0 Å². The Morgan fingerprint density at radius 3 is 1.57 bits per heavy atom. The first-order valence-corrected chi connectivity index (χ1v) is 6.87. The van der Waals surface area contributed by atoms with Gasteiger partial charge < -0.3 is 15.3 Å². The predicted molar refractivity (Wildman–Crippen MR) is 83.8 cm³/mol. The maximum absolute atomic E-state index is 5.58. The highest BCUT2D eigenvalue weighted by Crippen LogP contribution is 2.02. The van der Waals surface area contributed by atoms with Gasteiger partial charge in [0.05, 0.1) is 32.1 Å². The summed E-state index contributed by atoms with van der Waals surface area (Å²) in [6.07, 6.45) is 0. The van der Waals surface area contributed by atoms with Gasteiger partial charge in [0.2, 0.25) is 0 Å². The number of ether oxygens (including phenoxy) is 2. The number of nitrogens with two attached hydrogens (primary N) is 1. The van der Waals surface area contributed by atoms with Crippen LogP contribution in [0, 0.1) is 0 Å². The lowest BCUT2D eigenvalue weighted by molar-refractivity contribution is 0.132. The highest BCUT2D eigenvalue weighted by molar-refractivity contribution is 5.86. The molecule has 0 amide bonds. The lowest BCUT2D eigenvalue weighted by Crippen LogP contribution is -2.17. The molecule has 0 radical (unpaired) electrons. The van der Waals surface area contributed by atoms with Crippen molar-refractivity contribution in [2.75, 3.05) is 13.2 Å². The van der Waals surface area contributed by atoms with Crippen LogP contribution >= 0.6 is 0 Å². The monoisotopic (exact) mass is 284 g/mol. The second kappa shape index (κ2) is 8.89. The Morgan fingerprint density at radius 1 is 0.762 bits per heavy atom. The first kappa shape index (κ1) is 15.2. The summed E-state index contributed by atoms with van der Waals surface area (Å²) >= 11 is 0. The molecular weight excluding hydrogens is 264 g/mol. The molecule has 0 spiro atoms. The van der Waals surface area contributed by atoms with Gasteiger partial charge in [0.15, 0.2) is 0 Å². The van der Waals surface area contributed by atoms with Crippen molar-refractivity contribution in [3.05, 3.63) is 71.8 Å². The molecule has 4 heteroatoms. The smallest absolute Gasteiger partial charge is 0.0894 e. The van der Waals surface area contributed by atoms with Crippen LogP contribution in [0.1, 0.15) is 11.1 Å². The van der Waals surface area contributed by atoms with Gasteiger partial charge in [-0.25, -0.2) is 0 Å². The maximum Gasteiger partial charge on any atom is 0.0894 e. The summed E-state index contributed by atoms with van der Waals surface area (Å²) in [7, 11) is 0. The minimum Gasteiger partial charge on any atom is -0.371 e. The fourth-order valence-electron chi connectivity index (χ4n) is 1.84. The normalized spacial score (nSPS) is 10.3. The molecule has 21 heavy (non-hydrogen) atoms. The van der Waals surface area contributed by atoms with E-state index in [9.17, 15) is 0 Å². The molecule has 0 aliphatic rings. The lowest BCUT2D eigenvalue weighted by atomic mass is 10.2. The molecule has 0 unspecified atom stereocenters. The van der Waals surface area contributed by atoms with Crippen LogP contribution in [0.25, 0.3) is 0 Å². The zero-order valence-corrected chi connectivity index (χ0v) is 11.9. The van der Waals surface area contributed by atoms with Crippen molar-refractivity contribution < 1.29 is 9.47 Å². The highest BCUT2D eigenvalue weighted by Gasteiger charge is 2.01. The average Bonchev–Trinajstić information content (AvgIpc) is 2.55. The van der Waals surface area contributed by atoms with Crippen molar-refractivity contribution in [2.24, 2.45) is 10.9 Å². The Bertz CT molecular complexity index is 494. The van der Waals surface area contributed by atoms with Gasteiger partial charge in [-0.05, 0) is 11.1 Å². The number of benzene rings is 2. The van der Waals surface area contributed by atoms with Crippen LogP contribution in [0.4, 0.5) is 0 Å². The molecule has 0 fully saturated rings. The van der Waals surface area contributed by atoms with Gasteiger partial charge >= 0.3 is 0 Å². The lowest BCUT2D eigenvalue weighted by Gasteiger charge is -2.08. The Hall–Kier alpha value is -2.17. The molecule has 0 saturated carbocycles. The molecule has 4 nitrogen and oxygen atoms in total. The third-order valence-electron chi connectivity index (χ3n) is 2.94. The number of hydrogen-bond donors (Lipinski definition) is 1. The standard InChI is InChI=1S/C17H20N2O2/c18-19-17(13-20-11-15-7-3-1-4-8-15)14-21-12-16-9-5-2-6-10-16/h1-10H,11-14,18H2. The van der Waals surface area contributed by atoms with E-state index >= 15 is 0 Å². The van der Waals surface area contributed by atoms with Crippen LogP contribution < -0.4 is 5.84 Å². The quantitative estimate of drug-likeness (QED) is 0.460. The zero-order chi connectivity index (χ0) is 14.8. The molecule has 0 aliphatic carbocycles. The molecule has 0 aromatic heterocycles. The van der Waals surface area contributed by atoms with Crippen LogP contribution in [0.3, 0.4) is 0 Å². The van der Waals surface area contributed by atoms with Gasteiger partial charge in [-0.2, -0.15) is 5.10 Å².